The number of hydrogen-bond donors (Lipinski definition) is 2. The Balaban J connectivity index is 0.00000361. The summed E-state index contributed by atoms with van der Waals surface area (Å²) in [5, 5.41) is 6.45. The molecule has 2 N–H and O–H groups in total. The minimum absolute atomic E-state index is 0. The summed E-state index contributed by atoms with van der Waals surface area (Å²) >= 11 is 0.864. The van der Waals surface area contributed by atoms with Crippen LogP contribution in [0.25, 0.3) is 0 Å². The van der Waals surface area contributed by atoms with Gasteiger partial charge in [0, 0.05) is 19.0 Å². The summed E-state index contributed by atoms with van der Waals surface area (Å²) in [5.41, 5.74) is -0.931. The number of amides is 1. The van der Waals surface area contributed by atoms with E-state index in [9.17, 15) is 18.0 Å². The highest BCUT2D eigenvalue weighted by atomic mass is 35.5. The zero-order valence-corrected chi connectivity index (χ0v) is 12.3. The van der Waals surface area contributed by atoms with Crippen molar-refractivity contribution in [1.82, 2.24) is 15.6 Å². The summed E-state index contributed by atoms with van der Waals surface area (Å²) in [5.74, 6) is -0.306. The summed E-state index contributed by atoms with van der Waals surface area (Å²) in [4.78, 5) is 14.7. The number of rotatable bonds is 7. The molecule has 10 heteroatoms. The highest BCUT2D eigenvalue weighted by molar-refractivity contribution is 7.09. The molecule has 1 amide bonds. The third-order valence-electron chi connectivity index (χ3n) is 2.05. The third kappa shape index (κ3) is 7.04. The minimum Gasteiger partial charge on any atom is -0.383 e. The van der Waals surface area contributed by atoms with Gasteiger partial charge in [0.15, 0.2) is 5.69 Å². The van der Waals surface area contributed by atoms with Gasteiger partial charge in [0.1, 0.15) is 5.01 Å². The molecule has 0 atom stereocenters. The summed E-state index contributed by atoms with van der Waals surface area (Å²) in [6, 6.07) is 0. The number of methoxy groups -OCH3 is 1. The van der Waals surface area contributed by atoms with E-state index in [1.807, 2.05) is 0 Å². The van der Waals surface area contributed by atoms with Crippen LogP contribution in [0.1, 0.15) is 10.7 Å². The molecule has 0 saturated carbocycles. The van der Waals surface area contributed by atoms with E-state index in [1.165, 1.54) is 0 Å². The van der Waals surface area contributed by atoms with E-state index in [1.54, 1.807) is 7.11 Å². The molecule has 5 nitrogen and oxygen atoms in total. The van der Waals surface area contributed by atoms with Crippen molar-refractivity contribution in [1.29, 1.82) is 0 Å². The number of halogens is 4. The highest BCUT2D eigenvalue weighted by Crippen LogP contribution is 2.29. The molecule has 0 bridgehead atoms. The number of aromatic nitrogens is 1. The quantitative estimate of drug-likeness (QED) is 0.741. The number of carbonyl (C=O) groups excluding carboxylic acids is 1. The van der Waals surface area contributed by atoms with Crippen LogP contribution >= 0.6 is 23.7 Å². The molecule has 1 aromatic rings. The van der Waals surface area contributed by atoms with Gasteiger partial charge in [-0.25, -0.2) is 4.98 Å². The van der Waals surface area contributed by atoms with Crippen molar-refractivity contribution in [2.75, 3.05) is 26.8 Å². The van der Waals surface area contributed by atoms with Gasteiger partial charge in [-0.1, -0.05) is 0 Å². The van der Waals surface area contributed by atoms with Crippen LogP contribution in [-0.2, 0) is 22.3 Å². The Morgan fingerprint density at radius 3 is 2.75 bits per heavy atom. The van der Waals surface area contributed by atoms with Crippen molar-refractivity contribution in [3.8, 4) is 0 Å². The normalized spacial score (nSPS) is 11.0. The summed E-state index contributed by atoms with van der Waals surface area (Å²) < 4.78 is 41.6. The average Bonchev–Trinajstić information content (AvgIpc) is 2.81. The molecule has 0 aliphatic rings. The number of alkyl halides is 3. The molecule has 20 heavy (non-hydrogen) atoms. The first-order chi connectivity index (χ1) is 8.93. The van der Waals surface area contributed by atoms with Crippen LogP contribution in [0.15, 0.2) is 5.38 Å². The molecule has 1 heterocycles. The predicted molar refractivity (Wildman–Crippen MR) is 71.0 cm³/mol. The molecule has 0 fully saturated rings. The third-order valence-corrected chi connectivity index (χ3v) is 2.90. The van der Waals surface area contributed by atoms with Gasteiger partial charge in [-0.3, -0.25) is 4.79 Å². The zero-order valence-electron chi connectivity index (χ0n) is 10.6. The van der Waals surface area contributed by atoms with Gasteiger partial charge >= 0.3 is 6.18 Å². The topological polar surface area (TPSA) is 63.2 Å². The van der Waals surface area contributed by atoms with Crippen LogP contribution in [0, 0.1) is 0 Å². The lowest BCUT2D eigenvalue weighted by Gasteiger charge is -2.05. The lowest BCUT2D eigenvalue weighted by molar-refractivity contribution is -0.140. The molecule has 0 aliphatic heterocycles. The molecule has 1 aromatic heterocycles. The highest BCUT2D eigenvalue weighted by Gasteiger charge is 2.33. The van der Waals surface area contributed by atoms with Crippen molar-refractivity contribution in [3.63, 3.8) is 0 Å². The van der Waals surface area contributed by atoms with E-state index in [4.69, 9.17) is 4.74 Å². The summed E-state index contributed by atoms with van der Waals surface area (Å²) in [6.45, 7) is 1.08. The Bertz CT molecular complexity index is 415. The Hall–Kier alpha value is -0.900. The summed E-state index contributed by atoms with van der Waals surface area (Å²) in [7, 11) is 1.54. The fourth-order valence-corrected chi connectivity index (χ4v) is 1.88. The van der Waals surface area contributed by atoms with Crippen LogP contribution in [-0.4, -0.2) is 37.7 Å². The van der Waals surface area contributed by atoms with Crippen LogP contribution in [0.3, 0.4) is 0 Å². The van der Waals surface area contributed by atoms with Gasteiger partial charge in [-0.2, -0.15) is 13.2 Å². The van der Waals surface area contributed by atoms with Crippen LogP contribution in [0.2, 0.25) is 0 Å². The number of hydrogen-bond acceptors (Lipinski definition) is 5. The molecular formula is C10H15ClF3N3O2S. The molecule has 0 unspecified atom stereocenters. The van der Waals surface area contributed by atoms with Crippen molar-refractivity contribution in [3.05, 3.63) is 16.1 Å². The van der Waals surface area contributed by atoms with E-state index in [0.717, 1.165) is 16.7 Å². The molecular weight excluding hydrogens is 319 g/mol. The first-order valence-corrected chi connectivity index (χ1v) is 6.29. The van der Waals surface area contributed by atoms with Gasteiger partial charge in [0.25, 0.3) is 0 Å². The number of nitrogens with zero attached hydrogens (tertiary/aromatic N) is 1. The number of nitrogens with one attached hydrogen (secondary N) is 2. The maximum absolute atomic E-state index is 12.3. The fourth-order valence-electron chi connectivity index (χ4n) is 1.14. The average molecular weight is 334 g/mol. The van der Waals surface area contributed by atoms with Crippen molar-refractivity contribution >= 4 is 29.7 Å². The van der Waals surface area contributed by atoms with Crippen molar-refractivity contribution in [2.45, 2.75) is 12.7 Å². The second-order valence-electron chi connectivity index (χ2n) is 3.57. The molecule has 1 rings (SSSR count). The van der Waals surface area contributed by atoms with Gasteiger partial charge in [-0.05, 0) is 0 Å². The van der Waals surface area contributed by atoms with E-state index in [2.05, 4.69) is 15.6 Å². The number of ether oxygens (including phenoxy) is 1. The molecule has 0 aliphatic carbocycles. The van der Waals surface area contributed by atoms with E-state index in [-0.39, 0.29) is 36.4 Å². The standard InChI is InChI=1S/C10H14F3N3O2S.ClH/c1-18-3-2-14-4-8(17)15-5-9-16-7(6-19-9)10(11,12)13;/h6,14H,2-5H2,1H3,(H,15,17);1H. The Morgan fingerprint density at radius 1 is 1.50 bits per heavy atom. The van der Waals surface area contributed by atoms with Gasteiger partial charge in [0.05, 0.1) is 19.7 Å². The minimum atomic E-state index is -4.44. The molecule has 116 valence electrons. The second kappa shape index (κ2) is 9.11. The number of thiazole rings is 1. The van der Waals surface area contributed by atoms with Gasteiger partial charge in [-0.15, -0.1) is 23.7 Å². The predicted octanol–water partition coefficient (Wildman–Crippen LogP) is 1.44. The van der Waals surface area contributed by atoms with E-state index in [0.29, 0.717) is 13.2 Å². The zero-order chi connectivity index (χ0) is 14.3. The smallest absolute Gasteiger partial charge is 0.383 e. The molecule has 0 radical (unpaired) electrons. The Kier molecular flexibility index (Phi) is 8.70. The monoisotopic (exact) mass is 333 g/mol. The lowest BCUT2D eigenvalue weighted by Crippen LogP contribution is -2.34. The molecule has 0 spiro atoms. The largest absolute Gasteiger partial charge is 0.434 e. The van der Waals surface area contributed by atoms with Crippen LogP contribution in [0.4, 0.5) is 13.2 Å². The summed E-state index contributed by atoms with van der Waals surface area (Å²) in [6.07, 6.45) is -4.44. The first kappa shape index (κ1) is 19.1. The SMILES string of the molecule is COCCNCC(=O)NCc1nc(C(F)(F)F)cs1.Cl. The van der Waals surface area contributed by atoms with Crippen molar-refractivity contribution in [2.24, 2.45) is 0 Å². The molecule has 0 saturated heterocycles. The first-order valence-electron chi connectivity index (χ1n) is 5.41. The van der Waals surface area contributed by atoms with Crippen LogP contribution in [0.5, 0.6) is 0 Å². The Morgan fingerprint density at radius 2 is 2.20 bits per heavy atom. The number of carbonyl (C=O) groups is 1. The van der Waals surface area contributed by atoms with E-state index >= 15 is 0 Å². The second-order valence-corrected chi connectivity index (χ2v) is 4.51. The maximum Gasteiger partial charge on any atom is 0.434 e. The molecule has 0 aromatic carbocycles. The Labute approximate surface area is 124 Å². The van der Waals surface area contributed by atoms with Crippen LogP contribution < -0.4 is 10.6 Å². The maximum atomic E-state index is 12.3. The lowest BCUT2D eigenvalue weighted by atomic mass is 10.5. The van der Waals surface area contributed by atoms with Gasteiger partial charge < -0.3 is 15.4 Å². The fraction of sp³-hybridized carbons (Fsp3) is 0.600. The van der Waals surface area contributed by atoms with E-state index < -0.39 is 11.9 Å². The van der Waals surface area contributed by atoms with Gasteiger partial charge in [0.2, 0.25) is 5.91 Å². The van der Waals surface area contributed by atoms with Crippen molar-refractivity contribution < 1.29 is 22.7 Å².